The maximum absolute atomic E-state index is 11.4. The second kappa shape index (κ2) is 4.84. The van der Waals surface area contributed by atoms with Crippen LogP contribution in [-0.4, -0.2) is 25.8 Å². The van der Waals surface area contributed by atoms with Gasteiger partial charge in [0.15, 0.2) is 0 Å². The van der Waals surface area contributed by atoms with Gasteiger partial charge in [-0.25, -0.2) is 9.48 Å². The number of hydrogen-bond acceptors (Lipinski definition) is 3. The van der Waals surface area contributed by atoms with Gasteiger partial charge in [-0.15, -0.1) is 0 Å². The number of hydrogen-bond donors (Lipinski definition) is 1. The highest BCUT2D eigenvalue weighted by Gasteiger charge is 2.26. The van der Waals surface area contributed by atoms with Crippen LogP contribution in [0, 0.1) is 0 Å². The number of rotatable bonds is 3. The van der Waals surface area contributed by atoms with E-state index < -0.39 is 5.97 Å². The van der Waals surface area contributed by atoms with Crippen LogP contribution in [0.4, 0.5) is 0 Å². The van der Waals surface area contributed by atoms with Crippen LogP contribution in [-0.2, 0) is 0 Å². The summed E-state index contributed by atoms with van der Waals surface area (Å²) in [5.74, 6) is -0.614. The van der Waals surface area contributed by atoms with E-state index in [1.165, 1.54) is 0 Å². The van der Waals surface area contributed by atoms with E-state index in [-0.39, 0.29) is 5.92 Å². The van der Waals surface area contributed by atoms with Gasteiger partial charge in [-0.3, -0.25) is 4.98 Å². The molecule has 0 spiro atoms. The molecule has 0 saturated heterocycles. The first-order chi connectivity index (χ1) is 9.25. The monoisotopic (exact) mass is 257 g/mol. The van der Waals surface area contributed by atoms with Gasteiger partial charge in [-0.05, 0) is 25.0 Å². The number of pyridine rings is 1. The lowest BCUT2D eigenvalue weighted by Crippen LogP contribution is -2.03. The van der Waals surface area contributed by atoms with Crippen molar-refractivity contribution in [2.45, 2.75) is 31.6 Å². The van der Waals surface area contributed by atoms with Gasteiger partial charge < -0.3 is 5.11 Å². The molecule has 3 rings (SSSR count). The zero-order valence-corrected chi connectivity index (χ0v) is 10.5. The molecule has 1 saturated carbocycles. The number of nitrogens with zero attached hydrogens (tertiary/aromatic N) is 3. The molecule has 0 atom stereocenters. The maximum atomic E-state index is 11.4. The van der Waals surface area contributed by atoms with E-state index in [0.29, 0.717) is 5.56 Å². The van der Waals surface area contributed by atoms with Crippen LogP contribution in [0.5, 0.6) is 0 Å². The van der Waals surface area contributed by atoms with Crippen molar-refractivity contribution >= 4 is 5.97 Å². The Morgan fingerprint density at radius 2 is 1.95 bits per heavy atom. The second-order valence-corrected chi connectivity index (χ2v) is 4.86. The van der Waals surface area contributed by atoms with E-state index in [9.17, 15) is 9.90 Å². The first-order valence-electron chi connectivity index (χ1n) is 6.49. The third kappa shape index (κ3) is 2.23. The Hall–Kier alpha value is -2.17. The summed E-state index contributed by atoms with van der Waals surface area (Å²) in [7, 11) is 0. The first kappa shape index (κ1) is 11.9. The molecular weight excluding hydrogens is 242 g/mol. The molecule has 0 unspecified atom stereocenters. The molecule has 19 heavy (non-hydrogen) atoms. The summed E-state index contributed by atoms with van der Waals surface area (Å²) < 4.78 is 1.64. The SMILES string of the molecule is O=C(O)c1cn(-c2ccncc2)nc1C1CCCC1. The van der Waals surface area contributed by atoms with Crippen molar-refractivity contribution in [3.05, 3.63) is 42.0 Å². The van der Waals surface area contributed by atoms with Gasteiger partial charge in [-0.1, -0.05) is 12.8 Å². The van der Waals surface area contributed by atoms with Crippen LogP contribution >= 0.6 is 0 Å². The molecule has 5 nitrogen and oxygen atoms in total. The van der Waals surface area contributed by atoms with Crippen molar-refractivity contribution in [1.29, 1.82) is 0 Å². The molecule has 0 bridgehead atoms. The largest absolute Gasteiger partial charge is 0.478 e. The van der Waals surface area contributed by atoms with Gasteiger partial charge in [0.2, 0.25) is 0 Å². The molecule has 98 valence electrons. The highest BCUT2D eigenvalue weighted by molar-refractivity contribution is 5.89. The average Bonchev–Trinajstić information content (AvgIpc) is 3.08. The molecule has 0 aromatic carbocycles. The second-order valence-electron chi connectivity index (χ2n) is 4.86. The number of aromatic nitrogens is 3. The molecule has 1 N–H and O–H groups in total. The summed E-state index contributed by atoms with van der Waals surface area (Å²) >= 11 is 0. The first-order valence-corrected chi connectivity index (χ1v) is 6.49. The van der Waals surface area contributed by atoms with Gasteiger partial charge in [0.05, 0.1) is 11.4 Å². The summed E-state index contributed by atoms with van der Waals surface area (Å²) in [4.78, 5) is 15.3. The van der Waals surface area contributed by atoms with E-state index in [1.807, 2.05) is 12.1 Å². The molecule has 1 aliphatic carbocycles. The molecular formula is C14H15N3O2. The summed E-state index contributed by atoms with van der Waals surface area (Å²) in [5.41, 5.74) is 1.88. The van der Waals surface area contributed by atoms with Gasteiger partial charge in [0, 0.05) is 24.5 Å². The smallest absolute Gasteiger partial charge is 0.339 e. The van der Waals surface area contributed by atoms with E-state index in [4.69, 9.17) is 0 Å². The van der Waals surface area contributed by atoms with Gasteiger partial charge in [0.1, 0.15) is 5.56 Å². The van der Waals surface area contributed by atoms with Crippen LogP contribution in [0.15, 0.2) is 30.7 Å². The quantitative estimate of drug-likeness (QED) is 0.917. The lowest BCUT2D eigenvalue weighted by atomic mass is 10.0. The standard InChI is InChI=1S/C14H15N3O2/c18-14(19)12-9-17(11-5-7-15-8-6-11)16-13(12)10-3-1-2-4-10/h5-10H,1-4H2,(H,18,19). The number of carboxylic acids is 1. The Bertz CT molecular complexity index is 586. The number of carbonyl (C=O) groups is 1. The molecule has 0 radical (unpaired) electrons. The van der Waals surface area contributed by atoms with Crippen LogP contribution in [0.3, 0.4) is 0 Å². The van der Waals surface area contributed by atoms with Crippen molar-refractivity contribution < 1.29 is 9.90 Å². The molecule has 1 aliphatic rings. The van der Waals surface area contributed by atoms with Gasteiger partial charge in [0.25, 0.3) is 0 Å². The molecule has 1 fully saturated rings. The van der Waals surface area contributed by atoms with Crippen molar-refractivity contribution in [2.24, 2.45) is 0 Å². The highest BCUT2D eigenvalue weighted by atomic mass is 16.4. The third-order valence-corrected chi connectivity index (χ3v) is 3.64. The zero-order valence-electron chi connectivity index (χ0n) is 10.5. The lowest BCUT2D eigenvalue weighted by molar-refractivity contribution is 0.0695. The van der Waals surface area contributed by atoms with Crippen molar-refractivity contribution in [3.63, 3.8) is 0 Å². The van der Waals surface area contributed by atoms with Crippen LogP contribution in [0.1, 0.15) is 47.7 Å². The van der Waals surface area contributed by atoms with Gasteiger partial charge >= 0.3 is 5.97 Å². The predicted octanol–water partition coefficient (Wildman–Crippen LogP) is 2.62. The highest BCUT2D eigenvalue weighted by Crippen LogP contribution is 2.35. The van der Waals surface area contributed by atoms with E-state index in [2.05, 4.69) is 10.1 Å². The van der Waals surface area contributed by atoms with Crippen molar-refractivity contribution in [3.8, 4) is 5.69 Å². The molecule has 2 aromatic rings. The zero-order chi connectivity index (χ0) is 13.2. The summed E-state index contributed by atoms with van der Waals surface area (Å²) in [6.07, 6.45) is 9.34. The molecule has 5 heteroatoms. The Kier molecular flexibility index (Phi) is 3.03. The Balaban J connectivity index is 2.04. The van der Waals surface area contributed by atoms with E-state index in [1.54, 1.807) is 23.3 Å². The Morgan fingerprint density at radius 3 is 2.58 bits per heavy atom. The van der Waals surface area contributed by atoms with Crippen LogP contribution < -0.4 is 0 Å². The fourth-order valence-corrected chi connectivity index (χ4v) is 2.68. The molecule has 2 aromatic heterocycles. The summed E-state index contributed by atoms with van der Waals surface area (Å²) in [6, 6.07) is 3.63. The van der Waals surface area contributed by atoms with E-state index >= 15 is 0 Å². The minimum absolute atomic E-state index is 0.286. The topological polar surface area (TPSA) is 68.0 Å². The normalized spacial score (nSPS) is 15.8. The molecule has 0 aliphatic heterocycles. The predicted molar refractivity (Wildman–Crippen MR) is 69.5 cm³/mol. The Labute approximate surface area is 110 Å². The third-order valence-electron chi connectivity index (χ3n) is 3.64. The molecule has 2 heterocycles. The van der Waals surface area contributed by atoms with Crippen LogP contribution in [0.2, 0.25) is 0 Å². The Morgan fingerprint density at radius 1 is 1.26 bits per heavy atom. The minimum atomic E-state index is -0.901. The maximum Gasteiger partial charge on any atom is 0.339 e. The summed E-state index contributed by atoms with van der Waals surface area (Å²) in [6.45, 7) is 0. The van der Waals surface area contributed by atoms with Crippen LogP contribution in [0.25, 0.3) is 5.69 Å². The van der Waals surface area contributed by atoms with E-state index in [0.717, 1.165) is 37.1 Å². The van der Waals surface area contributed by atoms with Gasteiger partial charge in [-0.2, -0.15) is 5.10 Å². The summed E-state index contributed by atoms with van der Waals surface area (Å²) in [5, 5.41) is 13.8. The average molecular weight is 257 g/mol. The number of aromatic carboxylic acids is 1. The van der Waals surface area contributed by atoms with Crippen molar-refractivity contribution in [2.75, 3.05) is 0 Å². The fraction of sp³-hybridized carbons (Fsp3) is 0.357. The lowest BCUT2D eigenvalue weighted by Gasteiger charge is -2.06. The van der Waals surface area contributed by atoms with Crippen molar-refractivity contribution in [1.82, 2.24) is 14.8 Å². The molecule has 0 amide bonds. The fourth-order valence-electron chi connectivity index (χ4n) is 2.68. The number of carboxylic acid groups (broad SMARTS) is 1. The minimum Gasteiger partial charge on any atom is -0.478 e.